The van der Waals surface area contributed by atoms with Crippen molar-refractivity contribution in [3.63, 3.8) is 0 Å². The first kappa shape index (κ1) is 17.9. The molecule has 29 heavy (non-hydrogen) atoms. The smallest absolute Gasteiger partial charge is 0.274 e. The summed E-state index contributed by atoms with van der Waals surface area (Å²) in [6, 6.07) is 16.8. The van der Waals surface area contributed by atoms with Gasteiger partial charge in [0, 0.05) is 46.8 Å². The molecule has 2 heterocycles. The van der Waals surface area contributed by atoms with Crippen molar-refractivity contribution in [1.82, 2.24) is 4.98 Å². The summed E-state index contributed by atoms with van der Waals surface area (Å²) >= 11 is 6.27. The highest BCUT2D eigenvalue weighted by atomic mass is 35.5. The second kappa shape index (κ2) is 6.71. The predicted molar refractivity (Wildman–Crippen MR) is 116 cm³/mol. The first-order valence-electron chi connectivity index (χ1n) is 9.40. The molecule has 146 valence electrons. The van der Waals surface area contributed by atoms with Crippen LogP contribution in [0.25, 0.3) is 21.7 Å². The first-order valence-corrected chi connectivity index (χ1v) is 9.93. The molecule has 3 aromatic carbocycles. The lowest BCUT2D eigenvalue weighted by molar-refractivity contribution is 0.0984. The van der Waals surface area contributed by atoms with E-state index < -0.39 is 0 Å². The van der Waals surface area contributed by atoms with Gasteiger partial charge in [0.1, 0.15) is 17.2 Å². The summed E-state index contributed by atoms with van der Waals surface area (Å²) in [6.45, 7) is 0.476. The molecule has 2 N–H and O–H groups in total. The Kier molecular flexibility index (Phi) is 4.14. The van der Waals surface area contributed by atoms with E-state index in [1.165, 1.54) is 0 Å². The molecule has 1 unspecified atom stereocenters. The monoisotopic (exact) mass is 406 g/mol. The average molecular weight is 407 g/mol. The Balaban J connectivity index is 1.62. The Hall–Kier alpha value is -3.18. The minimum absolute atomic E-state index is 0.00518. The Morgan fingerprint density at radius 2 is 2.00 bits per heavy atom. The molecular formula is C23H19ClN2O3. The van der Waals surface area contributed by atoms with E-state index in [1.807, 2.05) is 48.5 Å². The van der Waals surface area contributed by atoms with Crippen LogP contribution in [-0.2, 0) is 0 Å². The normalized spacial score (nSPS) is 15.8. The van der Waals surface area contributed by atoms with Crippen LogP contribution in [0.4, 0.5) is 5.69 Å². The van der Waals surface area contributed by atoms with Crippen LogP contribution < -0.4 is 9.64 Å². The third-order valence-corrected chi connectivity index (χ3v) is 6.01. The van der Waals surface area contributed by atoms with Gasteiger partial charge in [-0.2, -0.15) is 0 Å². The van der Waals surface area contributed by atoms with Crippen LogP contribution in [0.3, 0.4) is 0 Å². The van der Waals surface area contributed by atoms with Crippen molar-refractivity contribution < 1.29 is 14.6 Å². The topological polar surface area (TPSA) is 65.6 Å². The third-order valence-electron chi connectivity index (χ3n) is 5.64. The van der Waals surface area contributed by atoms with Crippen molar-refractivity contribution >= 4 is 44.9 Å². The molecule has 1 aliphatic heterocycles. The molecule has 0 aliphatic carbocycles. The Morgan fingerprint density at radius 3 is 2.76 bits per heavy atom. The first-order chi connectivity index (χ1) is 14.1. The van der Waals surface area contributed by atoms with Gasteiger partial charge in [-0.05, 0) is 29.1 Å². The van der Waals surface area contributed by atoms with Gasteiger partial charge >= 0.3 is 0 Å². The number of alkyl halides is 1. The maximum absolute atomic E-state index is 13.4. The van der Waals surface area contributed by atoms with Crippen molar-refractivity contribution in [1.29, 1.82) is 0 Å². The number of nitrogens with one attached hydrogen (secondary N) is 1. The van der Waals surface area contributed by atoms with Gasteiger partial charge in [-0.25, -0.2) is 0 Å². The van der Waals surface area contributed by atoms with Crippen molar-refractivity contribution in [2.75, 3.05) is 24.4 Å². The van der Waals surface area contributed by atoms with Gasteiger partial charge < -0.3 is 19.7 Å². The quantitative estimate of drug-likeness (QED) is 0.469. The van der Waals surface area contributed by atoms with E-state index in [0.29, 0.717) is 23.8 Å². The number of halogens is 1. The summed E-state index contributed by atoms with van der Waals surface area (Å²) in [7, 11) is 1.61. The number of hydrogen-bond donors (Lipinski definition) is 2. The molecule has 0 saturated heterocycles. The number of hydrogen-bond acceptors (Lipinski definition) is 3. The van der Waals surface area contributed by atoms with Crippen LogP contribution in [0.15, 0.2) is 54.6 Å². The number of nitrogens with zero attached hydrogens (tertiary/aromatic N) is 1. The van der Waals surface area contributed by atoms with Gasteiger partial charge in [0.05, 0.1) is 12.8 Å². The molecule has 0 radical (unpaired) electrons. The number of carbonyl (C=O) groups excluding carboxylic acids is 1. The molecule has 1 aliphatic rings. The Bertz CT molecular complexity index is 1260. The van der Waals surface area contributed by atoms with E-state index >= 15 is 0 Å². The summed E-state index contributed by atoms with van der Waals surface area (Å²) < 4.78 is 5.26. The number of phenolic OH excluding ortho intramolecular Hbond substituents is 1. The average Bonchev–Trinajstić information content (AvgIpc) is 3.34. The zero-order valence-electron chi connectivity index (χ0n) is 15.8. The van der Waals surface area contributed by atoms with E-state index in [-0.39, 0.29) is 17.6 Å². The van der Waals surface area contributed by atoms with E-state index in [1.54, 1.807) is 18.1 Å². The molecule has 5 rings (SSSR count). The number of benzene rings is 3. The van der Waals surface area contributed by atoms with E-state index in [4.69, 9.17) is 16.3 Å². The predicted octanol–water partition coefficient (Wildman–Crippen LogP) is 5.02. The fourth-order valence-corrected chi connectivity index (χ4v) is 4.49. The maximum Gasteiger partial charge on any atom is 0.274 e. The number of carbonyl (C=O) groups is 1. The number of H-pyrrole nitrogens is 1. The van der Waals surface area contributed by atoms with Gasteiger partial charge in [-0.15, -0.1) is 11.6 Å². The van der Waals surface area contributed by atoms with Crippen molar-refractivity contribution in [2.45, 2.75) is 5.92 Å². The molecule has 0 saturated carbocycles. The van der Waals surface area contributed by atoms with Crippen LogP contribution in [0.2, 0.25) is 0 Å². The molecule has 0 spiro atoms. The summed E-state index contributed by atoms with van der Waals surface area (Å²) in [4.78, 5) is 18.3. The second-order valence-corrected chi connectivity index (χ2v) is 7.59. The van der Waals surface area contributed by atoms with Crippen LogP contribution in [0, 0.1) is 0 Å². The standard InChI is InChI=1S/C23H19ClN2O3/c1-29-15-7-6-13-8-19(25-18(13)9-15)23(28)26-12-14(11-24)22-17-5-3-2-4-16(17)21(27)10-20(22)26/h2-10,14,25,27H,11-12H2,1H3. The third kappa shape index (κ3) is 2.73. The number of amides is 1. The number of ether oxygens (including phenoxy) is 1. The highest BCUT2D eigenvalue weighted by Crippen LogP contribution is 2.45. The fourth-order valence-electron chi connectivity index (χ4n) is 4.24. The number of aromatic amines is 1. The van der Waals surface area contributed by atoms with Gasteiger partial charge in [0.15, 0.2) is 0 Å². The second-order valence-electron chi connectivity index (χ2n) is 7.28. The number of aromatic nitrogens is 1. The van der Waals surface area contributed by atoms with Crippen LogP contribution in [-0.4, -0.2) is 35.5 Å². The minimum atomic E-state index is -0.149. The van der Waals surface area contributed by atoms with Crippen LogP contribution >= 0.6 is 11.6 Å². The summed E-state index contributed by atoms with van der Waals surface area (Å²) in [5, 5.41) is 13.2. The molecule has 1 atom stereocenters. The molecule has 6 heteroatoms. The molecule has 5 nitrogen and oxygen atoms in total. The zero-order valence-corrected chi connectivity index (χ0v) is 16.5. The van der Waals surface area contributed by atoms with Gasteiger partial charge in [-0.3, -0.25) is 4.79 Å². The lowest BCUT2D eigenvalue weighted by atomic mass is 9.95. The Labute approximate surface area is 172 Å². The number of phenols is 1. The largest absolute Gasteiger partial charge is 0.507 e. The van der Waals surface area contributed by atoms with Gasteiger partial charge in [-0.1, -0.05) is 24.3 Å². The molecule has 0 fully saturated rings. The molecule has 4 aromatic rings. The number of methoxy groups -OCH3 is 1. The van der Waals surface area contributed by atoms with Crippen molar-refractivity contribution in [3.05, 3.63) is 65.9 Å². The molecule has 1 aromatic heterocycles. The highest BCUT2D eigenvalue weighted by Gasteiger charge is 2.35. The Morgan fingerprint density at radius 1 is 1.21 bits per heavy atom. The summed E-state index contributed by atoms with van der Waals surface area (Å²) in [5.74, 6) is 1.14. The number of anilines is 1. The van der Waals surface area contributed by atoms with Crippen molar-refractivity contribution in [2.24, 2.45) is 0 Å². The van der Waals surface area contributed by atoms with Gasteiger partial charge in [0.25, 0.3) is 5.91 Å². The summed E-state index contributed by atoms with van der Waals surface area (Å²) in [6.07, 6.45) is 0. The number of aromatic hydroxyl groups is 1. The molecule has 1 amide bonds. The van der Waals surface area contributed by atoms with Crippen molar-refractivity contribution in [3.8, 4) is 11.5 Å². The number of fused-ring (bicyclic) bond motifs is 4. The molecule has 0 bridgehead atoms. The maximum atomic E-state index is 13.4. The molecular weight excluding hydrogens is 388 g/mol. The summed E-state index contributed by atoms with van der Waals surface area (Å²) in [5.41, 5.74) is 3.05. The number of rotatable bonds is 3. The minimum Gasteiger partial charge on any atom is -0.507 e. The van der Waals surface area contributed by atoms with Crippen LogP contribution in [0.5, 0.6) is 11.5 Å². The van der Waals surface area contributed by atoms with Crippen LogP contribution in [0.1, 0.15) is 22.0 Å². The highest BCUT2D eigenvalue weighted by molar-refractivity contribution is 6.19. The van der Waals surface area contributed by atoms with E-state index in [9.17, 15) is 9.90 Å². The lowest BCUT2D eigenvalue weighted by Gasteiger charge is -2.17. The van der Waals surface area contributed by atoms with E-state index in [0.717, 1.165) is 33.0 Å². The van der Waals surface area contributed by atoms with Gasteiger partial charge in [0.2, 0.25) is 0 Å². The SMILES string of the molecule is COc1ccc2cc(C(=O)N3CC(CCl)c4c3cc(O)c3ccccc43)[nH]c2c1. The zero-order chi connectivity index (χ0) is 20.1. The fraction of sp³-hybridized carbons (Fsp3) is 0.174. The van der Waals surface area contributed by atoms with E-state index in [2.05, 4.69) is 4.98 Å². The lowest BCUT2D eigenvalue weighted by Crippen LogP contribution is -2.30.